The van der Waals surface area contributed by atoms with Gasteiger partial charge in [0.2, 0.25) is 16.0 Å². The molecule has 0 bridgehead atoms. The Balaban J connectivity index is 1.35. The molecule has 0 aliphatic carbocycles. The first-order chi connectivity index (χ1) is 24.6. The van der Waals surface area contributed by atoms with Crippen LogP contribution >= 0.6 is 0 Å². The minimum Gasteiger partial charge on any atom is -0.492 e. The van der Waals surface area contributed by atoms with E-state index in [0.29, 0.717) is 16.9 Å². The number of nitrogens with one attached hydrogen (secondary N) is 3. The smallest absolute Gasteiger partial charge is 0.255 e. The van der Waals surface area contributed by atoms with Gasteiger partial charge in [-0.3, -0.25) is 19.4 Å². The van der Waals surface area contributed by atoms with Gasteiger partial charge in [0.05, 0.1) is 48.0 Å². The quantitative estimate of drug-likeness (QED) is 0.117. The largest absolute Gasteiger partial charge is 0.492 e. The van der Waals surface area contributed by atoms with Crippen molar-refractivity contribution in [1.82, 2.24) is 19.8 Å². The van der Waals surface area contributed by atoms with E-state index in [1.807, 2.05) is 60.1 Å². The number of aryl methyl sites for hydroxylation is 1. The highest BCUT2D eigenvalue weighted by Crippen LogP contribution is 2.39. The SMILES string of the molecule is CN/C(=C\N(N)c1cc(C(=O)Nc2cc(C(C)(C)C)cc(NS(C)(=O)=O)c2OC)ccc1C)c1cnc(N2CCN(Cc3ccccc3)CC2)n1C. The number of nitrogens with zero attached hydrogens (tertiary/aromatic N) is 5. The Bertz CT molecular complexity index is 2030. The molecular weight excluding hydrogens is 679 g/mol. The number of hydrazine groups is 1. The third-order valence-electron chi connectivity index (χ3n) is 9.13. The number of piperazine rings is 1. The molecule has 0 spiro atoms. The molecule has 1 saturated heterocycles. The number of anilines is 4. The lowest BCUT2D eigenvalue weighted by atomic mass is 9.86. The Morgan fingerprint density at radius 2 is 1.71 bits per heavy atom. The Kier molecular flexibility index (Phi) is 11.5. The van der Waals surface area contributed by atoms with Crippen LogP contribution in [0.25, 0.3) is 5.70 Å². The Morgan fingerprint density at radius 1 is 1.04 bits per heavy atom. The topological polar surface area (TPSA) is 150 Å². The van der Waals surface area contributed by atoms with Gasteiger partial charge in [-0.25, -0.2) is 19.2 Å². The van der Waals surface area contributed by atoms with Crippen LogP contribution in [0.2, 0.25) is 0 Å². The molecule has 3 aromatic carbocycles. The number of imidazole rings is 1. The first kappa shape index (κ1) is 38.2. The molecule has 2 heterocycles. The molecule has 5 rings (SSSR count). The first-order valence-electron chi connectivity index (χ1n) is 17.2. The summed E-state index contributed by atoms with van der Waals surface area (Å²) in [6, 6.07) is 19.3. The summed E-state index contributed by atoms with van der Waals surface area (Å²) in [6.07, 6.45) is 4.68. The number of hydrogen-bond donors (Lipinski definition) is 4. The average molecular weight is 730 g/mol. The highest BCUT2D eigenvalue weighted by Gasteiger charge is 2.24. The molecule has 0 radical (unpaired) electrons. The second-order valence-corrected chi connectivity index (χ2v) is 15.9. The number of hydrogen-bond acceptors (Lipinski definition) is 10. The number of rotatable bonds is 12. The van der Waals surface area contributed by atoms with E-state index in [-0.39, 0.29) is 16.9 Å². The second-order valence-electron chi connectivity index (χ2n) is 14.1. The fourth-order valence-corrected chi connectivity index (χ4v) is 6.78. The van der Waals surface area contributed by atoms with Crippen molar-refractivity contribution in [3.8, 4) is 5.75 Å². The van der Waals surface area contributed by atoms with E-state index >= 15 is 0 Å². The van der Waals surface area contributed by atoms with Crippen LogP contribution in [0, 0.1) is 6.92 Å². The number of aromatic nitrogens is 2. The molecular formula is C38H51N9O4S. The average Bonchev–Trinajstić information content (AvgIpc) is 3.47. The molecule has 278 valence electrons. The van der Waals surface area contributed by atoms with Crippen molar-refractivity contribution in [2.75, 3.05) is 66.5 Å². The summed E-state index contributed by atoms with van der Waals surface area (Å²) < 4.78 is 34.5. The van der Waals surface area contributed by atoms with Crippen LogP contribution in [-0.2, 0) is 29.0 Å². The maximum Gasteiger partial charge on any atom is 0.255 e. The zero-order chi connectivity index (χ0) is 37.8. The maximum atomic E-state index is 13.7. The molecule has 1 amide bonds. The van der Waals surface area contributed by atoms with Crippen molar-refractivity contribution < 1.29 is 17.9 Å². The molecule has 52 heavy (non-hydrogen) atoms. The summed E-state index contributed by atoms with van der Waals surface area (Å²) in [5, 5.41) is 7.68. The van der Waals surface area contributed by atoms with Crippen molar-refractivity contribution in [1.29, 1.82) is 0 Å². The van der Waals surface area contributed by atoms with Crippen LogP contribution in [0.3, 0.4) is 0 Å². The van der Waals surface area contributed by atoms with Gasteiger partial charge in [-0.2, -0.15) is 0 Å². The maximum absolute atomic E-state index is 13.7. The summed E-state index contributed by atoms with van der Waals surface area (Å²) in [5.74, 6) is 7.33. The predicted octanol–water partition coefficient (Wildman–Crippen LogP) is 4.88. The molecule has 0 atom stereocenters. The van der Waals surface area contributed by atoms with E-state index in [1.165, 1.54) is 17.7 Å². The van der Waals surface area contributed by atoms with Crippen LogP contribution in [0.5, 0.6) is 5.75 Å². The Hall–Kier alpha value is -5.05. The first-order valence-corrected chi connectivity index (χ1v) is 19.1. The predicted molar refractivity (Wildman–Crippen MR) is 210 cm³/mol. The van der Waals surface area contributed by atoms with Gasteiger partial charge in [-0.15, -0.1) is 0 Å². The van der Waals surface area contributed by atoms with Gasteiger partial charge in [0.25, 0.3) is 5.91 Å². The van der Waals surface area contributed by atoms with Gasteiger partial charge < -0.3 is 24.8 Å². The fraction of sp³-hybridized carbons (Fsp3) is 0.368. The standard InChI is InChI=1S/C38H51N9O4S/c1-26-14-15-28(36(48)42-30-21-29(38(2,3)4)22-31(35(30)51-7)43-52(8,49)50)20-33(26)47(39)25-32(40-5)34-23-41-37(44(34)6)46-18-16-45(17-19-46)24-27-12-10-9-11-13-27/h9-15,20-23,25,40,43H,16-19,24,39H2,1-8H3,(H,42,48)/b32-25-. The minimum atomic E-state index is -3.62. The normalized spacial score (nSPS) is 14.2. The number of sulfonamides is 1. The third kappa shape index (κ3) is 9.05. The molecule has 1 aromatic heterocycles. The Morgan fingerprint density at radius 3 is 2.33 bits per heavy atom. The summed E-state index contributed by atoms with van der Waals surface area (Å²) in [6.45, 7) is 12.5. The lowest BCUT2D eigenvalue weighted by Crippen LogP contribution is -2.46. The van der Waals surface area contributed by atoms with Crippen molar-refractivity contribution in [2.45, 2.75) is 39.7 Å². The monoisotopic (exact) mass is 729 g/mol. The van der Waals surface area contributed by atoms with E-state index in [1.54, 1.807) is 30.5 Å². The number of amides is 1. The number of benzene rings is 3. The van der Waals surface area contributed by atoms with Crippen LogP contribution in [-0.4, -0.2) is 75.4 Å². The van der Waals surface area contributed by atoms with Crippen molar-refractivity contribution in [3.05, 3.63) is 101 Å². The molecule has 4 aromatic rings. The minimum absolute atomic E-state index is 0.200. The van der Waals surface area contributed by atoms with Gasteiger partial charge in [0.15, 0.2) is 5.75 Å². The summed E-state index contributed by atoms with van der Waals surface area (Å²) in [5.41, 5.74) is 5.77. The molecule has 0 saturated carbocycles. The zero-order valence-electron chi connectivity index (χ0n) is 31.3. The fourth-order valence-electron chi connectivity index (χ4n) is 6.23. The van der Waals surface area contributed by atoms with Crippen LogP contribution < -0.4 is 35.8 Å². The van der Waals surface area contributed by atoms with E-state index < -0.39 is 15.9 Å². The van der Waals surface area contributed by atoms with Gasteiger partial charge in [0.1, 0.15) is 0 Å². The third-order valence-corrected chi connectivity index (χ3v) is 9.72. The number of nitrogens with two attached hydrogens (primary N) is 1. The van der Waals surface area contributed by atoms with Gasteiger partial charge in [0, 0.05) is 58.6 Å². The molecule has 0 unspecified atom stereocenters. The van der Waals surface area contributed by atoms with E-state index in [2.05, 4.69) is 54.0 Å². The highest BCUT2D eigenvalue weighted by molar-refractivity contribution is 7.92. The van der Waals surface area contributed by atoms with E-state index in [0.717, 1.165) is 67.4 Å². The van der Waals surface area contributed by atoms with E-state index in [9.17, 15) is 13.2 Å². The molecule has 1 aliphatic heterocycles. The van der Waals surface area contributed by atoms with Gasteiger partial charge >= 0.3 is 0 Å². The number of methoxy groups -OCH3 is 1. The molecule has 14 heteroatoms. The van der Waals surface area contributed by atoms with Crippen molar-refractivity contribution in [3.63, 3.8) is 0 Å². The highest BCUT2D eigenvalue weighted by atomic mass is 32.2. The van der Waals surface area contributed by atoms with Crippen LogP contribution in [0.15, 0.2) is 73.1 Å². The van der Waals surface area contributed by atoms with Gasteiger partial charge in [-0.05, 0) is 53.3 Å². The second kappa shape index (κ2) is 15.7. The van der Waals surface area contributed by atoms with Gasteiger partial charge in [-0.1, -0.05) is 57.2 Å². The lowest BCUT2D eigenvalue weighted by molar-refractivity contribution is 0.102. The number of carbonyl (C=O) groups excluding carboxylic acids is 1. The zero-order valence-corrected chi connectivity index (χ0v) is 32.1. The van der Waals surface area contributed by atoms with Crippen LogP contribution in [0.1, 0.15) is 53.5 Å². The van der Waals surface area contributed by atoms with Crippen LogP contribution in [0.4, 0.5) is 23.0 Å². The molecule has 5 N–H and O–H groups in total. The molecule has 13 nitrogen and oxygen atoms in total. The molecule has 1 fully saturated rings. The summed E-state index contributed by atoms with van der Waals surface area (Å²) in [4.78, 5) is 23.3. The number of ether oxygens (including phenoxy) is 1. The summed E-state index contributed by atoms with van der Waals surface area (Å²) in [7, 11) is 1.63. The van der Waals surface area contributed by atoms with Crippen molar-refractivity contribution in [2.24, 2.45) is 12.9 Å². The molecule has 1 aliphatic rings. The Labute approximate surface area is 307 Å². The van der Waals surface area contributed by atoms with Crippen molar-refractivity contribution >= 4 is 44.6 Å². The summed E-state index contributed by atoms with van der Waals surface area (Å²) >= 11 is 0. The lowest BCUT2D eigenvalue weighted by Gasteiger charge is -2.35. The number of carbonyl (C=O) groups is 1. The van der Waals surface area contributed by atoms with E-state index in [4.69, 9.17) is 15.6 Å².